The van der Waals surface area contributed by atoms with E-state index >= 15 is 0 Å². The topological polar surface area (TPSA) is 121 Å². The summed E-state index contributed by atoms with van der Waals surface area (Å²) >= 11 is 0. The van der Waals surface area contributed by atoms with E-state index in [1.54, 1.807) is 12.2 Å². The van der Waals surface area contributed by atoms with Crippen molar-refractivity contribution in [3.05, 3.63) is 66.3 Å². The molecule has 2 atom stereocenters. The van der Waals surface area contributed by atoms with Crippen molar-refractivity contribution in [1.29, 1.82) is 0 Å². The Kier molecular flexibility index (Phi) is 6.36. The Balaban J connectivity index is 1.28. The van der Waals surface area contributed by atoms with E-state index in [9.17, 15) is 18.6 Å². The first kappa shape index (κ1) is 22.5. The van der Waals surface area contributed by atoms with Crippen molar-refractivity contribution < 1.29 is 27.8 Å². The van der Waals surface area contributed by atoms with Crippen molar-refractivity contribution in [2.24, 2.45) is 0 Å². The highest BCUT2D eigenvalue weighted by Gasteiger charge is 2.29. The van der Waals surface area contributed by atoms with E-state index in [0.717, 1.165) is 28.2 Å². The predicted molar refractivity (Wildman–Crippen MR) is 123 cm³/mol. The number of rotatable bonds is 9. The number of sulfonamides is 1. The molecule has 0 saturated carbocycles. The average molecular weight is 459 g/mol. The van der Waals surface area contributed by atoms with Crippen LogP contribution in [0.4, 0.5) is 0 Å². The summed E-state index contributed by atoms with van der Waals surface area (Å²) in [6.07, 6.45) is 5.26. The van der Waals surface area contributed by atoms with Gasteiger partial charge in [-0.3, -0.25) is 5.32 Å². The molecule has 0 aliphatic heterocycles. The van der Waals surface area contributed by atoms with E-state index in [-0.39, 0.29) is 12.8 Å². The lowest BCUT2D eigenvalue weighted by Crippen LogP contribution is -2.47. The third-order valence-electron chi connectivity index (χ3n) is 5.08. The lowest BCUT2D eigenvalue weighted by molar-refractivity contribution is 0.0791. The molecule has 4 rings (SSSR count). The number of aliphatic hydroxyl groups is 2. The fourth-order valence-corrected chi connectivity index (χ4v) is 4.59. The van der Waals surface area contributed by atoms with Crippen LogP contribution in [0.5, 0.6) is 5.75 Å². The normalized spacial score (nSPS) is 19.9. The SMILES string of the molecule is CS(=O)(=O)N[C@@]1(O)C=C(CC(O)NCCOc2ccc3c(c2)oc2ccccc23)C=CC1. The van der Waals surface area contributed by atoms with E-state index < -0.39 is 22.0 Å². The molecule has 0 saturated heterocycles. The van der Waals surface area contributed by atoms with Crippen molar-refractivity contribution in [2.75, 3.05) is 19.4 Å². The quantitative estimate of drug-likeness (QED) is 0.287. The van der Waals surface area contributed by atoms with Crippen LogP contribution in [-0.4, -0.2) is 50.0 Å². The summed E-state index contributed by atoms with van der Waals surface area (Å²) in [4.78, 5) is 0. The standard InChI is InChI=1S/C23H26N2O6S/c1-32(28,29)25-23(27)10-4-5-16(15-23)13-22(26)24-11-12-30-17-8-9-19-18-6-2-3-7-20(18)31-21(19)14-17/h2-9,14-15,22,24-27H,10-13H2,1H3/t22?,23-/m0/s1. The summed E-state index contributed by atoms with van der Waals surface area (Å²) in [5.74, 6) is 0.669. The summed E-state index contributed by atoms with van der Waals surface area (Å²) < 4.78 is 36.7. The molecule has 4 N–H and O–H groups in total. The molecule has 1 unspecified atom stereocenters. The van der Waals surface area contributed by atoms with Crippen LogP contribution < -0.4 is 14.8 Å². The lowest BCUT2D eigenvalue weighted by atomic mass is 9.97. The molecule has 170 valence electrons. The van der Waals surface area contributed by atoms with Gasteiger partial charge >= 0.3 is 0 Å². The molecule has 3 aromatic rings. The van der Waals surface area contributed by atoms with Crippen LogP contribution in [-0.2, 0) is 10.0 Å². The first-order valence-electron chi connectivity index (χ1n) is 10.3. The molecule has 0 spiro atoms. The van der Waals surface area contributed by atoms with Crippen LogP contribution in [0.15, 0.2) is 70.7 Å². The van der Waals surface area contributed by atoms with E-state index in [1.165, 1.54) is 6.08 Å². The maximum atomic E-state index is 11.4. The van der Waals surface area contributed by atoms with Crippen LogP contribution >= 0.6 is 0 Å². The molecule has 0 bridgehead atoms. The van der Waals surface area contributed by atoms with Gasteiger partial charge in [-0.05, 0) is 29.8 Å². The number of nitrogens with one attached hydrogen (secondary N) is 2. The van der Waals surface area contributed by atoms with Crippen LogP contribution in [0.2, 0.25) is 0 Å². The van der Waals surface area contributed by atoms with Crippen molar-refractivity contribution in [3.8, 4) is 5.75 Å². The summed E-state index contributed by atoms with van der Waals surface area (Å²) in [7, 11) is -3.58. The molecular weight excluding hydrogens is 432 g/mol. The number of hydrogen-bond donors (Lipinski definition) is 4. The maximum Gasteiger partial charge on any atom is 0.211 e. The summed E-state index contributed by atoms with van der Waals surface area (Å²) in [6, 6.07) is 13.5. The molecule has 0 fully saturated rings. The van der Waals surface area contributed by atoms with Gasteiger partial charge in [0.15, 0.2) is 5.72 Å². The second-order valence-electron chi connectivity index (χ2n) is 7.90. The predicted octanol–water partition coefficient (Wildman–Crippen LogP) is 2.39. The number of fused-ring (bicyclic) bond motifs is 3. The van der Waals surface area contributed by atoms with Gasteiger partial charge in [-0.2, -0.15) is 4.72 Å². The van der Waals surface area contributed by atoms with Crippen molar-refractivity contribution in [3.63, 3.8) is 0 Å². The Morgan fingerprint density at radius 3 is 2.78 bits per heavy atom. The van der Waals surface area contributed by atoms with E-state index in [2.05, 4.69) is 10.0 Å². The molecule has 1 aromatic heterocycles. The number of benzene rings is 2. The molecule has 1 aliphatic carbocycles. The first-order valence-corrected chi connectivity index (χ1v) is 12.2. The zero-order valence-electron chi connectivity index (χ0n) is 17.6. The zero-order chi connectivity index (χ0) is 22.8. The summed E-state index contributed by atoms with van der Waals surface area (Å²) in [6.45, 7) is 0.722. The van der Waals surface area contributed by atoms with Crippen molar-refractivity contribution in [2.45, 2.75) is 24.8 Å². The van der Waals surface area contributed by atoms with E-state index in [1.807, 2.05) is 42.5 Å². The Bertz CT molecular complexity index is 1280. The summed E-state index contributed by atoms with van der Waals surface area (Å²) in [5.41, 5.74) is 0.513. The van der Waals surface area contributed by atoms with Gasteiger partial charge in [-0.15, -0.1) is 0 Å². The third-order valence-corrected chi connectivity index (χ3v) is 5.80. The zero-order valence-corrected chi connectivity index (χ0v) is 18.4. The van der Waals surface area contributed by atoms with Gasteiger partial charge in [0, 0.05) is 36.2 Å². The van der Waals surface area contributed by atoms with Gasteiger partial charge in [-0.25, -0.2) is 8.42 Å². The second kappa shape index (κ2) is 9.05. The Labute approximate surface area is 186 Å². The molecule has 0 amide bonds. The van der Waals surface area contributed by atoms with E-state index in [4.69, 9.17) is 9.15 Å². The molecule has 8 nitrogen and oxygen atoms in total. The monoisotopic (exact) mass is 458 g/mol. The summed E-state index contributed by atoms with van der Waals surface area (Å²) in [5, 5.41) is 25.7. The molecule has 32 heavy (non-hydrogen) atoms. The third kappa shape index (κ3) is 5.56. The Hall–Kier alpha value is -2.69. The second-order valence-corrected chi connectivity index (χ2v) is 9.65. The number of hydrogen-bond acceptors (Lipinski definition) is 7. The smallest absolute Gasteiger partial charge is 0.211 e. The molecule has 1 heterocycles. The van der Waals surface area contributed by atoms with Crippen LogP contribution in [0, 0.1) is 0 Å². The number of furan rings is 1. The Morgan fingerprint density at radius 2 is 1.97 bits per heavy atom. The number of para-hydroxylation sites is 1. The lowest BCUT2D eigenvalue weighted by Gasteiger charge is -2.27. The maximum absolute atomic E-state index is 11.4. The highest BCUT2D eigenvalue weighted by molar-refractivity contribution is 7.88. The molecular formula is C23H26N2O6S. The molecule has 1 aliphatic rings. The number of ether oxygens (including phenoxy) is 1. The first-order chi connectivity index (χ1) is 15.2. The fourth-order valence-electron chi connectivity index (χ4n) is 3.81. The van der Waals surface area contributed by atoms with Gasteiger partial charge in [0.25, 0.3) is 0 Å². The van der Waals surface area contributed by atoms with Gasteiger partial charge in [0.1, 0.15) is 29.8 Å². The molecule has 0 radical (unpaired) electrons. The Morgan fingerprint density at radius 1 is 1.19 bits per heavy atom. The number of aliphatic hydroxyl groups excluding tert-OH is 1. The number of allylic oxidation sites excluding steroid dienone is 1. The minimum atomic E-state index is -3.58. The van der Waals surface area contributed by atoms with Gasteiger partial charge in [-0.1, -0.05) is 30.4 Å². The molecule has 9 heteroatoms. The van der Waals surface area contributed by atoms with Crippen molar-refractivity contribution in [1.82, 2.24) is 10.0 Å². The van der Waals surface area contributed by atoms with Crippen LogP contribution in [0.25, 0.3) is 21.9 Å². The van der Waals surface area contributed by atoms with E-state index in [0.29, 0.717) is 24.5 Å². The van der Waals surface area contributed by atoms with Gasteiger partial charge < -0.3 is 19.4 Å². The fraction of sp³-hybridized carbons (Fsp3) is 0.304. The largest absolute Gasteiger partial charge is 0.492 e. The molecule has 2 aromatic carbocycles. The van der Waals surface area contributed by atoms with Crippen LogP contribution in [0.1, 0.15) is 12.8 Å². The highest BCUT2D eigenvalue weighted by Crippen LogP contribution is 2.31. The minimum absolute atomic E-state index is 0.122. The average Bonchev–Trinajstić information content (AvgIpc) is 3.07. The highest BCUT2D eigenvalue weighted by atomic mass is 32.2. The van der Waals surface area contributed by atoms with Gasteiger partial charge in [0.2, 0.25) is 10.0 Å². The minimum Gasteiger partial charge on any atom is -0.492 e. The van der Waals surface area contributed by atoms with Gasteiger partial charge in [0.05, 0.1) is 6.26 Å². The van der Waals surface area contributed by atoms with Crippen LogP contribution in [0.3, 0.4) is 0 Å². The van der Waals surface area contributed by atoms with Crippen molar-refractivity contribution >= 4 is 32.0 Å².